The average Bonchev–Trinajstić information content (AvgIpc) is 2.80. The molecule has 0 amide bonds. The van der Waals surface area contributed by atoms with E-state index in [9.17, 15) is 31.5 Å². The van der Waals surface area contributed by atoms with Gasteiger partial charge in [-0.05, 0) is 6.42 Å². The molecule has 0 aliphatic rings. The van der Waals surface area contributed by atoms with Crippen LogP contribution in [0, 0.1) is 29.1 Å². The third kappa shape index (κ3) is 10.8. The third-order valence-electron chi connectivity index (χ3n) is 4.97. The third-order valence-corrected chi connectivity index (χ3v) is 4.97. The zero-order chi connectivity index (χ0) is 24.6. The number of benzene rings is 1. The first-order valence-electron chi connectivity index (χ1n) is 11.4. The molecule has 0 unspecified atom stereocenters. The second-order valence-electron chi connectivity index (χ2n) is 7.71. The van der Waals surface area contributed by atoms with Crippen molar-refractivity contribution in [3.63, 3.8) is 0 Å². The minimum atomic E-state index is -2.37. The molecule has 0 N–H and O–H groups in total. The summed E-state index contributed by atoms with van der Waals surface area (Å²) < 4.78 is 75.1. The van der Waals surface area contributed by atoms with Crippen molar-refractivity contribution in [2.45, 2.75) is 84.0 Å². The number of carbonyl (C=O) groups is 2. The number of carbonyl (C=O) groups excluding carboxylic acids is 2. The Balaban J connectivity index is 2.18. The number of hydrogen-bond donors (Lipinski definition) is 0. The largest absolute Gasteiger partial charge is 0.463 e. The Morgan fingerprint density at radius 1 is 0.606 bits per heavy atom. The molecule has 1 rings (SSSR count). The van der Waals surface area contributed by atoms with Gasteiger partial charge in [-0.15, -0.1) is 0 Å². The quantitative estimate of drug-likeness (QED) is 0.0484. The van der Waals surface area contributed by atoms with Crippen molar-refractivity contribution in [1.82, 2.24) is 0 Å². The molecule has 0 saturated carbocycles. The Kier molecular flexibility index (Phi) is 14.0. The SMILES string of the molecule is CCCCCCCCCCCCCCOC(=O)/C=C/C(=O)Oc1c(F)c(F)c(F)c(F)c1F. The van der Waals surface area contributed by atoms with Crippen LogP contribution in [-0.4, -0.2) is 18.5 Å². The molecule has 0 spiro atoms. The first kappa shape index (κ1) is 28.6. The Labute approximate surface area is 191 Å². The molecule has 4 nitrogen and oxygen atoms in total. The lowest BCUT2D eigenvalue weighted by Gasteiger charge is -2.07. The van der Waals surface area contributed by atoms with Crippen LogP contribution in [0.5, 0.6) is 5.75 Å². The summed E-state index contributed by atoms with van der Waals surface area (Å²) >= 11 is 0. The summed E-state index contributed by atoms with van der Waals surface area (Å²) in [5, 5.41) is 0. The Morgan fingerprint density at radius 2 is 1.00 bits per heavy atom. The van der Waals surface area contributed by atoms with Crippen LogP contribution >= 0.6 is 0 Å². The normalized spacial score (nSPS) is 11.2. The molecule has 1 aromatic rings. The van der Waals surface area contributed by atoms with Crippen molar-refractivity contribution >= 4 is 11.9 Å². The van der Waals surface area contributed by atoms with Crippen LogP contribution < -0.4 is 4.74 Å². The van der Waals surface area contributed by atoms with Crippen LogP contribution in [0.2, 0.25) is 0 Å². The maximum atomic E-state index is 13.5. The maximum Gasteiger partial charge on any atom is 0.336 e. The topological polar surface area (TPSA) is 52.6 Å². The van der Waals surface area contributed by atoms with E-state index < -0.39 is 46.8 Å². The highest BCUT2D eigenvalue weighted by Crippen LogP contribution is 2.29. The molecule has 33 heavy (non-hydrogen) atoms. The Morgan fingerprint density at radius 3 is 1.48 bits per heavy atom. The second-order valence-corrected chi connectivity index (χ2v) is 7.71. The molecule has 9 heteroatoms. The van der Waals surface area contributed by atoms with Gasteiger partial charge in [0.25, 0.3) is 0 Å². The molecule has 0 atom stereocenters. The van der Waals surface area contributed by atoms with Crippen molar-refractivity contribution in [1.29, 1.82) is 0 Å². The zero-order valence-corrected chi connectivity index (χ0v) is 18.9. The molecule has 0 aromatic heterocycles. The van der Waals surface area contributed by atoms with Gasteiger partial charge >= 0.3 is 11.9 Å². The van der Waals surface area contributed by atoms with Gasteiger partial charge in [-0.25, -0.2) is 22.8 Å². The molecule has 186 valence electrons. The van der Waals surface area contributed by atoms with E-state index in [4.69, 9.17) is 4.74 Å². The van der Waals surface area contributed by atoms with Crippen LogP contribution in [0.1, 0.15) is 84.0 Å². The summed E-state index contributed by atoms with van der Waals surface area (Å²) in [6.07, 6.45) is 14.9. The van der Waals surface area contributed by atoms with E-state index in [0.717, 1.165) is 19.3 Å². The number of esters is 2. The van der Waals surface area contributed by atoms with Crippen molar-refractivity contribution < 1.29 is 41.0 Å². The molecule has 0 aliphatic heterocycles. The highest BCUT2D eigenvalue weighted by Gasteiger charge is 2.28. The van der Waals surface area contributed by atoms with Crippen molar-refractivity contribution in [3.05, 3.63) is 41.2 Å². The lowest BCUT2D eigenvalue weighted by molar-refractivity contribution is -0.138. The standard InChI is InChI=1S/C24H31F5O4/c1-2-3-4-5-6-7-8-9-10-11-12-13-16-32-17(30)14-15-18(31)33-24-22(28)20(26)19(25)21(27)23(24)29/h14-15H,2-13,16H2,1H3/b15-14+. The van der Waals surface area contributed by atoms with Crippen LogP contribution in [0.25, 0.3) is 0 Å². The molecular formula is C24H31F5O4. The predicted molar refractivity (Wildman–Crippen MR) is 113 cm³/mol. The fourth-order valence-electron chi connectivity index (χ4n) is 3.11. The molecule has 1 aromatic carbocycles. The van der Waals surface area contributed by atoms with Gasteiger partial charge in [0.05, 0.1) is 6.61 Å². The first-order chi connectivity index (χ1) is 15.8. The van der Waals surface area contributed by atoms with E-state index in [1.165, 1.54) is 51.4 Å². The fraction of sp³-hybridized carbons (Fsp3) is 0.583. The second kappa shape index (κ2) is 16.2. The number of hydrogen-bond acceptors (Lipinski definition) is 4. The summed E-state index contributed by atoms with van der Waals surface area (Å²) in [5.41, 5.74) is 0. The van der Waals surface area contributed by atoms with Gasteiger partial charge in [-0.2, -0.15) is 8.78 Å². The monoisotopic (exact) mass is 478 g/mol. The molecule has 0 aliphatic carbocycles. The number of ether oxygens (including phenoxy) is 2. The minimum Gasteiger partial charge on any atom is -0.463 e. The first-order valence-corrected chi connectivity index (χ1v) is 11.4. The van der Waals surface area contributed by atoms with Gasteiger partial charge in [-0.3, -0.25) is 0 Å². The highest BCUT2D eigenvalue weighted by molar-refractivity contribution is 5.92. The fourth-order valence-corrected chi connectivity index (χ4v) is 3.11. The van der Waals surface area contributed by atoms with Gasteiger partial charge in [-0.1, -0.05) is 77.6 Å². The molecule has 0 fully saturated rings. The van der Waals surface area contributed by atoms with E-state index in [0.29, 0.717) is 18.6 Å². The summed E-state index contributed by atoms with van der Waals surface area (Å²) in [6, 6.07) is 0. The van der Waals surface area contributed by atoms with E-state index in [1.807, 2.05) is 0 Å². The van der Waals surface area contributed by atoms with Crippen molar-refractivity contribution in [2.75, 3.05) is 6.61 Å². The van der Waals surface area contributed by atoms with Crippen LogP contribution in [-0.2, 0) is 14.3 Å². The van der Waals surface area contributed by atoms with Gasteiger partial charge in [0.2, 0.25) is 34.8 Å². The van der Waals surface area contributed by atoms with E-state index in [-0.39, 0.29) is 6.61 Å². The van der Waals surface area contributed by atoms with Gasteiger partial charge in [0.1, 0.15) is 0 Å². The highest BCUT2D eigenvalue weighted by atomic mass is 19.2. The van der Waals surface area contributed by atoms with Gasteiger partial charge in [0.15, 0.2) is 0 Å². The van der Waals surface area contributed by atoms with Gasteiger partial charge < -0.3 is 9.47 Å². The lowest BCUT2D eigenvalue weighted by Crippen LogP contribution is -2.12. The Bertz CT molecular complexity index is 767. The molecule has 0 radical (unpaired) electrons. The number of unbranched alkanes of at least 4 members (excludes halogenated alkanes) is 11. The van der Waals surface area contributed by atoms with E-state index in [1.54, 1.807) is 0 Å². The number of rotatable bonds is 16. The lowest BCUT2D eigenvalue weighted by atomic mass is 10.1. The van der Waals surface area contributed by atoms with Crippen LogP contribution in [0.15, 0.2) is 12.2 Å². The van der Waals surface area contributed by atoms with Crippen LogP contribution in [0.4, 0.5) is 22.0 Å². The molecule has 0 saturated heterocycles. The van der Waals surface area contributed by atoms with E-state index >= 15 is 0 Å². The summed E-state index contributed by atoms with van der Waals surface area (Å²) in [7, 11) is 0. The van der Waals surface area contributed by atoms with Gasteiger partial charge in [0, 0.05) is 12.2 Å². The zero-order valence-electron chi connectivity index (χ0n) is 18.9. The Hall–Kier alpha value is -2.45. The summed E-state index contributed by atoms with van der Waals surface area (Å²) in [6.45, 7) is 2.33. The maximum absolute atomic E-state index is 13.5. The molecular weight excluding hydrogens is 447 g/mol. The predicted octanol–water partition coefficient (Wildman–Crippen LogP) is 7.09. The summed E-state index contributed by atoms with van der Waals surface area (Å²) in [4.78, 5) is 23.1. The average molecular weight is 478 g/mol. The van der Waals surface area contributed by atoms with Crippen molar-refractivity contribution in [3.8, 4) is 5.75 Å². The summed E-state index contributed by atoms with van der Waals surface area (Å²) in [5.74, 6) is -15.6. The number of halogens is 5. The van der Waals surface area contributed by atoms with Crippen LogP contribution in [0.3, 0.4) is 0 Å². The molecule has 0 heterocycles. The minimum absolute atomic E-state index is 0.132. The molecule has 0 bridgehead atoms. The van der Waals surface area contributed by atoms with Crippen molar-refractivity contribution in [2.24, 2.45) is 0 Å². The smallest absolute Gasteiger partial charge is 0.336 e. The van der Waals surface area contributed by atoms with E-state index in [2.05, 4.69) is 11.7 Å².